The Morgan fingerprint density at radius 2 is 0.800 bits per heavy atom. The Morgan fingerprint density at radius 3 is 1.20 bits per heavy atom. The lowest BCUT2D eigenvalue weighted by Gasteiger charge is -2.40. The van der Waals surface area contributed by atoms with Gasteiger partial charge in [0.05, 0.1) is 0 Å². The molecule has 0 aliphatic rings. The smallest absolute Gasteiger partial charge is 0.132 e. The summed E-state index contributed by atoms with van der Waals surface area (Å²) in [4.78, 5) is 0. The van der Waals surface area contributed by atoms with Crippen LogP contribution in [0, 0.1) is 20.8 Å². The third-order valence-electron chi connectivity index (χ3n) is 7.41. The van der Waals surface area contributed by atoms with Crippen molar-refractivity contribution >= 4 is 0 Å². The molecule has 0 radical (unpaired) electrons. The van der Waals surface area contributed by atoms with Crippen LogP contribution in [-0.4, -0.2) is 5.11 Å². The highest BCUT2D eigenvalue weighted by Gasteiger charge is 2.42. The third kappa shape index (κ3) is 5.96. The van der Waals surface area contributed by atoms with E-state index in [2.05, 4.69) is 13.8 Å². The summed E-state index contributed by atoms with van der Waals surface area (Å²) in [6.45, 7) is 18.2. The molecule has 0 bridgehead atoms. The van der Waals surface area contributed by atoms with E-state index in [1.165, 1.54) is 0 Å². The van der Waals surface area contributed by atoms with Crippen LogP contribution in [0.2, 0.25) is 0 Å². The van der Waals surface area contributed by atoms with Crippen LogP contribution in [0.4, 0.5) is 0 Å². The predicted octanol–water partition coefficient (Wildman–Crippen LogP) is 9.26. The molecule has 0 saturated heterocycles. The summed E-state index contributed by atoms with van der Waals surface area (Å²) in [5, 5.41) is 11.5. The van der Waals surface area contributed by atoms with Gasteiger partial charge in [-0.2, -0.15) is 0 Å². The van der Waals surface area contributed by atoms with Gasteiger partial charge in [0, 0.05) is 16.7 Å². The molecule has 210 valence electrons. The summed E-state index contributed by atoms with van der Waals surface area (Å²) in [5.74, 6) is 2.49. The van der Waals surface area contributed by atoms with Gasteiger partial charge in [0.15, 0.2) is 0 Å². The monoisotopic (exact) mass is 538 g/mol. The summed E-state index contributed by atoms with van der Waals surface area (Å²) < 4.78 is 20.1. The third-order valence-corrected chi connectivity index (χ3v) is 7.41. The maximum Gasteiger partial charge on any atom is 0.132 e. The van der Waals surface area contributed by atoms with E-state index in [9.17, 15) is 5.11 Å². The Balaban J connectivity index is 1.94. The number of benzene rings is 4. The maximum absolute atomic E-state index is 11.5. The molecule has 40 heavy (non-hydrogen) atoms. The van der Waals surface area contributed by atoms with Gasteiger partial charge in [-0.05, 0) is 103 Å². The van der Waals surface area contributed by atoms with Crippen molar-refractivity contribution in [2.45, 2.75) is 79.1 Å². The van der Waals surface area contributed by atoms with E-state index in [4.69, 9.17) is 14.2 Å². The highest BCUT2D eigenvalue weighted by molar-refractivity contribution is 5.53. The molecule has 4 aromatic carbocycles. The van der Waals surface area contributed by atoms with Gasteiger partial charge in [0.25, 0.3) is 0 Å². The molecule has 0 spiro atoms. The number of phenols is 1. The first kappa shape index (κ1) is 29.1. The summed E-state index contributed by atoms with van der Waals surface area (Å²) >= 11 is 0. The van der Waals surface area contributed by atoms with E-state index in [0.717, 1.165) is 45.1 Å². The lowest BCUT2D eigenvalue weighted by Crippen LogP contribution is -2.38. The molecule has 0 aromatic heterocycles. The number of para-hydroxylation sites is 3. The average molecular weight is 539 g/mol. The molecular formula is C36H42O4. The number of aromatic hydroxyl groups is 1. The van der Waals surface area contributed by atoms with Gasteiger partial charge in [-0.3, -0.25) is 0 Å². The molecule has 0 saturated carbocycles. The summed E-state index contributed by atoms with van der Waals surface area (Å²) in [6, 6.07) is 27.6. The second-order valence-corrected chi connectivity index (χ2v) is 12.0. The van der Waals surface area contributed by atoms with Gasteiger partial charge in [-0.25, -0.2) is 0 Å². The highest BCUT2D eigenvalue weighted by atomic mass is 16.5. The number of aryl methyl sites for hydroxylation is 3. The highest BCUT2D eigenvalue weighted by Crippen LogP contribution is 2.47. The van der Waals surface area contributed by atoms with Crippen LogP contribution in [0.3, 0.4) is 0 Å². The van der Waals surface area contributed by atoms with Crippen molar-refractivity contribution in [1.29, 1.82) is 0 Å². The fourth-order valence-corrected chi connectivity index (χ4v) is 5.32. The van der Waals surface area contributed by atoms with Crippen LogP contribution < -0.4 is 14.2 Å². The zero-order valence-electron chi connectivity index (χ0n) is 25.3. The molecule has 0 heterocycles. The van der Waals surface area contributed by atoms with Crippen molar-refractivity contribution in [3.63, 3.8) is 0 Å². The number of hydrogen-bond acceptors (Lipinski definition) is 4. The van der Waals surface area contributed by atoms with Gasteiger partial charge in [0.2, 0.25) is 0 Å². The standard InChI is InChI=1S/C36H42O4/c1-24-16-10-13-19-29(24)38-34(4,5)27-22-23-28(37)33(36(8,9)40-31-21-15-12-18-26(31)3)32(27)35(6,7)39-30-20-14-11-17-25(30)2/h10-23,37H,1-9H3. The fraction of sp³-hybridized carbons (Fsp3) is 0.333. The maximum atomic E-state index is 11.5. The van der Waals surface area contributed by atoms with Crippen LogP contribution in [-0.2, 0) is 16.8 Å². The first-order chi connectivity index (χ1) is 18.7. The van der Waals surface area contributed by atoms with E-state index in [1.807, 2.05) is 127 Å². The Hall–Kier alpha value is -3.92. The van der Waals surface area contributed by atoms with E-state index < -0.39 is 16.8 Å². The van der Waals surface area contributed by atoms with Gasteiger partial charge < -0.3 is 19.3 Å². The molecule has 0 aliphatic carbocycles. The second kappa shape index (κ2) is 10.9. The molecule has 4 nitrogen and oxygen atoms in total. The quantitative estimate of drug-likeness (QED) is 0.231. The number of hydrogen-bond donors (Lipinski definition) is 1. The van der Waals surface area contributed by atoms with Gasteiger partial charge in [0.1, 0.15) is 39.8 Å². The Kier molecular flexibility index (Phi) is 7.94. The summed E-state index contributed by atoms with van der Waals surface area (Å²) in [7, 11) is 0. The summed E-state index contributed by atoms with van der Waals surface area (Å²) in [5.41, 5.74) is 2.95. The molecule has 1 N–H and O–H groups in total. The van der Waals surface area contributed by atoms with Crippen LogP contribution in [0.5, 0.6) is 23.0 Å². The van der Waals surface area contributed by atoms with Crippen LogP contribution in [0.25, 0.3) is 0 Å². The molecule has 0 amide bonds. The van der Waals surface area contributed by atoms with Crippen molar-refractivity contribution in [2.75, 3.05) is 0 Å². The normalized spacial score (nSPS) is 12.2. The average Bonchev–Trinajstić information content (AvgIpc) is 2.87. The fourth-order valence-electron chi connectivity index (χ4n) is 5.32. The minimum absolute atomic E-state index is 0.144. The topological polar surface area (TPSA) is 47.9 Å². The van der Waals surface area contributed by atoms with Crippen molar-refractivity contribution < 1.29 is 19.3 Å². The van der Waals surface area contributed by atoms with Crippen molar-refractivity contribution in [3.05, 3.63) is 118 Å². The zero-order chi connectivity index (χ0) is 29.3. The lowest BCUT2D eigenvalue weighted by atomic mass is 9.77. The van der Waals surface area contributed by atoms with E-state index in [1.54, 1.807) is 6.07 Å². The largest absolute Gasteiger partial charge is 0.508 e. The Labute approximate surface area is 239 Å². The molecule has 4 aromatic rings. The summed E-state index contributed by atoms with van der Waals surface area (Å²) in [6.07, 6.45) is 0. The van der Waals surface area contributed by atoms with Gasteiger partial charge in [-0.1, -0.05) is 60.7 Å². The van der Waals surface area contributed by atoms with Crippen LogP contribution in [0.1, 0.15) is 74.9 Å². The van der Waals surface area contributed by atoms with E-state index in [0.29, 0.717) is 5.56 Å². The van der Waals surface area contributed by atoms with Crippen molar-refractivity contribution in [2.24, 2.45) is 0 Å². The molecule has 4 rings (SSSR count). The lowest BCUT2D eigenvalue weighted by molar-refractivity contribution is 0.0660. The van der Waals surface area contributed by atoms with Crippen molar-refractivity contribution in [1.82, 2.24) is 0 Å². The molecule has 0 aliphatic heterocycles. The van der Waals surface area contributed by atoms with Crippen LogP contribution in [0.15, 0.2) is 84.9 Å². The van der Waals surface area contributed by atoms with Gasteiger partial charge in [-0.15, -0.1) is 0 Å². The van der Waals surface area contributed by atoms with Crippen LogP contribution >= 0.6 is 0 Å². The number of phenolic OH excluding ortho intramolecular Hbond substituents is 1. The molecule has 0 unspecified atom stereocenters. The Morgan fingerprint density at radius 1 is 0.450 bits per heavy atom. The van der Waals surface area contributed by atoms with Crippen molar-refractivity contribution in [3.8, 4) is 23.0 Å². The molecule has 0 fully saturated rings. The Bertz CT molecular complexity index is 1500. The predicted molar refractivity (Wildman–Crippen MR) is 163 cm³/mol. The molecule has 0 atom stereocenters. The SMILES string of the molecule is Cc1ccccc1OC(C)(C)c1ccc(O)c(C(C)(C)Oc2ccccc2C)c1C(C)(C)Oc1ccccc1C. The van der Waals surface area contributed by atoms with E-state index >= 15 is 0 Å². The van der Waals surface area contributed by atoms with E-state index in [-0.39, 0.29) is 5.75 Å². The second-order valence-electron chi connectivity index (χ2n) is 12.0. The first-order valence-corrected chi connectivity index (χ1v) is 13.8. The minimum Gasteiger partial charge on any atom is -0.508 e. The molecular weight excluding hydrogens is 496 g/mol. The van der Waals surface area contributed by atoms with Gasteiger partial charge >= 0.3 is 0 Å². The molecule has 4 heteroatoms. The zero-order valence-corrected chi connectivity index (χ0v) is 25.3. The minimum atomic E-state index is -0.910. The first-order valence-electron chi connectivity index (χ1n) is 13.8. The number of ether oxygens (including phenoxy) is 3. The number of rotatable bonds is 9.